The van der Waals surface area contributed by atoms with Crippen LogP contribution in [0.1, 0.15) is 42.5 Å². The van der Waals surface area contributed by atoms with Crippen molar-refractivity contribution >= 4 is 49.5 Å². The molecule has 1 aliphatic carbocycles. The van der Waals surface area contributed by atoms with Gasteiger partial charge in [-0.25, -0.2) is 18.2 Å². The number of hydrogen-bond donors (Lipinski definition) is 1. The van der Waals surface area contributed by atoms with E-state index in [0.717, 1.165) is 60.1 Å². The van der Waals surface area contributed by atoms with Gasteiger partial charge in [-0.05, 0) is 49.1 Å². The lowest BCUT2D eigenvalue weighted by atomic mass is 9.96. The minimum atomic E-state index is -3.89. The molecule has 0 aliphatic heterocycles. The van der Waals surface area contributed by atoms with Crippen LogP contribution in [0.2, 0.25) is 0 Å². The van der Waals surface area contributed by atoms with Gasteiger partial charge in [0.1, 0.15) is 0 Å². The van der Waals surface area contributed by atoms with Crippen molar-refractivity contribution in [2.24, 2.45) is 0 Å². The van der Waals surface area contributed by atoms with Crippen molar-refractivity contribution in [3.63, 3.8) is 0 Å². The second kappa shape index (κ2) is 8.43. The number of hydrogen-bond acceptors (Lipinski definition) is 6. The van der Waals surface area contributed by atoms with Gasteiger partial charge in [-0.15, -0.1) is 15.0 Å². The average molecular weight is 449 g/mol. The van der Waals surface area contributed by atoms with E-state index in [9.17, 15) is 18.3 Å². The number of benzene rings is 2. The minimum absolute atomic E-state index is 0.0459. The molecular formula is C20H20N2O4S3. The Bertz CT molecular complexity index is 1100. The van der Waals surface area contributed by atoms with E-state index in [4.69, 9.17) is 0 Å². The number of nitrogens with zero attached hydrogens (tertiary/aromatic N) is 2. The Hall–Kier alpha value is -1.94. The quantitative estimate of drug-likeness (QED) is 0.533. The fourth-order valence-electron chi connectivity index (χ4n) is 3.47. The van der Waals surface area contributed by atoms with Gasteiger partial charge in [-0.2, -0.15) is 0 Å². The SMILES string of the molecule is O=C(O)c1ccccc1SN(C1CCCCC1)S(=O)(=O)c1nc2ccccc2s1. The number of thiazole rings is 1. The summed E-state index contributed by atoms with van der Waals surface area (Å²) < 4.78 is 29.4. The molecule has 2 aromatic carbocycles. The van der Waals surface area contributed by atoms with Crippen molar-refractivity contribution in [3.8, 4) is 0 Å². The summed E-state index contributed by atoms with van der Waals surface area (Å²) in [6.45, 7) is 0. The van der Waals surface area contributed by atoms with E-state index in [2.05, 4.69) is 4.98 Å². The fourth-order valence-corrected chi connectivity index (χ4v) is 8.00. The molecule has 0 radical (unpaired) electrons. The molecule has 0 unspecified atom stereocenters. The van der Waals surface area contributed by atoms with E-state index in [0.29, 0.717) is 10.4 Å². The van der Waals surface area contributed by atoms with Crippen LogP contribution < -0.4 is 0 Å². The van der Waals surface area contributed by atoms with Gasteiger partial charge >= 0.3 is 5.97 Å². The van der Waals surface area contributed by atoms with E-state index in [1.54, 1.807) is 24.3 Å². The normalized spacial score (nSPS) is 15.8. The predicted octanol–water partition coefficient (Wildman–Crippen LogP) is 5.03. The molecular weight excluding hydrogens is 428 g/mol. The first kappa shape index (κ1) is 20.3. The summed E-state index contributed by atoms with van der Waals surface area (Å²) in [6.07, 6.45) is 4.51. The summed E-state index contributed by atoms with van der Waals surface area (Å²) >= 11 is 2.14. The lowest BCUT2D eigenvalue weighted by molar-refractivity contribution is 0.0693. The molecule has 3 aromatic rings. The Balaban J connectivity index is 1.76. The Labute approximate surface area is 177 Å². The van der Waals surface area contributed by atoms with Gasteiger partial charge in [-0.3, -0.25) is 0 Å². The molecule has 1 aromatic heterocycles. The molecule has 1 saturated carbocycles. The van der Waals surface area contributed by atoms with Crippen molar-refractivity contribution in [2.75, 3.05) is 0 Å². The summed E-state index contributed by atoms with van der Waals surface area (Å²) in [5.41, 5.74) is 0.744. The highest BCUT2D eigenvalue weighted by atomic mass is 32.3. The fraction of sp³-hybridized carbons (Fsp3) is 0.300. The van der Waals surface area contributed by atoms with Gasteiger partial charge < -0.3 is 5.11 Å². The third-order valence-electron chi connectivity index (χ3n) is 4.91. The average Bonchev–Trinajstić information content (AvgIpc) is 3.18. The number of fused-ring (bicyclic) bond motifs is 1. The third kappa shape index (κ3) is 4.18. The Morgan fingerprint density at radius 2 is 1.76 bits per heavy atom. The van der Waals surface area contributed by atoms with Crippen LogP contribution in [0.15, 0.2) is 57.8 Å². The number of aromatic carboxylic acids is 1. The van der Waals surface area contributed by atoms with E-state index in [-0.39, 0.29) is 15.9 Å². The van der Waals surface area contributed by atoms with Crippen molar-refractivity contribution in [1.29, 1.82) is 0 Å². The summed E-state index contributed by atoms with van der Waals surface area (Å²) in [7, 11) is -3.89. The molecule has 0 bridgehead atoms. The zero-order valence-corrected chi connectivity index (χ0v) is 18.0. The van der Waals surface area contributed by atoms with Gasteiger partial charge in [-0.1, -0.05) is 43.5 Å². The van der Waals surface area contributed by atoms with Crippen LogP contribution in [0.4, 0.5) is 0 Å². The molecule has 0 saturated heterocycles. The van der Waals surface area contributed by atoms with Crippen LogP contribution in [0, 0.1) is 0 Å². The van der Waals surface area contributed by atoms with E-state index in [1.807, 2.05) is 18.2 Å². The number of carboxylic acids is 1. The number of sulfonamides is 1. The molecule has 1 fully saturated rings. The van der Waals surface area contributed by atoms with Crippen LogP contribution in [-0.2, 0) is 10.0 Å². The van der Waals surface area contributed by atoms with Crippen LogP contribution in [0.25, 0.3) is 10.2 Å². The monoisotopic (exact) mass is 448 g/mol. The molecule has 0 spiro atoms. The van der Waals surface area contributed by atoms with E-state index >= 15 is 0 Å². The first-order valence-corrected chi connectivity index (χ1v) is 12.4. The summed E-state index contributed by atoms with van der Waals surface area (Å²) in [6, 6.07) is 13.6. The topological polar surface area (TPSA) is 87.6 Å². The van der Waals surface area contributed by atoms with E-state index in [1.165, 1.54) is 9.78 Å². The van der Waals surface area contributed by atoms with Crippen molar-refractivity contribution < 1.29 is 18.3 Å². The molecule has 152 valence electrons. The Morgan fingerprint density at radius 3 is 2.48 bits per heavy atom. The summed E-state index contributed by atoms with van der Waals surface area (Å²) in [5.74, 6) is -1.07. The predicted molar refractivity (Wildman–Crippen MR) is 115 cm³/mol. The van der Waals surface area contributed by atoms with Crippen LogP contribution in [0.3, 0.4) is 0 Å². The molecule has 1 N–H and O–H groups in total. The largest absolute Gasteiger partial charge is 0.478 e. The molecule has 1 aliphatic rings. The number of aromatic nitrogens is 1. The van der Waals surface area contributed by atoms with E-state index < -0.39 is 16.0 Å². The number of rotatable bonds is 6. The van der Waals surface area contributed by atoms with Crippen molar-refractivity contribution in [1.82, 2.24) is 8.69 Å². The van der Waals surface area contributed by atoms with Crippen molar-refractivity contribution in [3.05, 3.63) is 54.1 Å². The number of carbonyl (C=O) groups is 1. The first-order chi connectivity index (χ1) is 14.0. The highest BCUT2D eigenvalue weighted by Crippen LogP contribution is 2.39. The van der Waals surface area contributed by atoms with Gasteiger partial charge in [0.15, 0.2) is 0 Å². The second-order valence-corrected chi connectivity index (χ2v) is 11.2. The Kier molecular flexibility index (Phi) is 5.91. The third-order valence-corrected chi connectivity index (χ3v) is 9.77. The van der Waals surface area contributed by atoms with Gasteiger partial charge in [0.25, 0.3) is 10.0 Å². The smallest absolute Gasteiger partial charge is 0.336 e. The highest BCUT2D eigenvalue weighted by Gasteiger charge is 2.36. The highest BCUT2D eigenvalue weighted by molar-refractivity contribution is 8.09. The molecule has 4 rings (SSSR count). The zero-order valence-electron chi connectivity index (χ0n) is 15.5. The number of carboxylic acid groups (broad SMARTS) is 1. The maximum Gasteiger partial charge on any atom is 0.336 e. The maximum absolute atomic E-state index is 13.6. The molecule has 29 heavy (non-hydrogen) atoms. The zero-order chi connectivity index (χ0) is 20.4. The van der Waals surface area contributed by atoms with Gasteiger partial charge in [0.2, 0.25) is 4.34 Å². The second-order valence-electron chi connectivity index (χ2n) is 6.89. The molecule has 1 heterocycles. The van der Waals surface area contributed by atoms with Crippen molar-refractivity contribution in [2.45, 2.75) is 47.4 Å². The van der Waals surface area contributed by atoms with Gasteiger partial charge in [0.05, 0.1) is 15.8 Å². The summed E-state index contributed by atoms with van der Waals surface area (Å²) in [5, 5.41) is 9.51. The first-order valence-electron chi connectivity index (χ1n) is 9.37. The molecule has 0 atom stereocenters. The lowest BCUT2D eigenvalue weighted by Crippen LogP contribution is -2.36. The molecule has 0 amide bonds. The van der Waals surface area contributed by atoms with Crippen LogP contribution in [-0.4, -0.2) is 34.2 Å². The molecule has 9 heteroatoms. The van der Waals surface area contributed by atoms with Crippen LogP contribution in [0.5, 0.6) is 0 Å². The van der Waals surface area contributed by atoms with Crippen LogP contribution >= 0.6 is 23.3 Å². The maximum atomic E-state index is 13.6. The molecule has 6 nitrogen and oxygen atoms in total. The standard InChI is InChI=1S/C20H20N2O4S3/c23-19(24)15-10-4-6-12-17(15)28-22(14-8-2-1-3-9-14)29(25,26)20-21-16-11-5-7-13-18(16)27-20/h4-7,10-14H,1-3,8-9H2,(H,23,24). The van der Waals surface area contributed by atoms with Gasteiger partial charge in [0, 0.05) is 10.9 Å². The Morgan fingerprint density at radius 1 is 1.07 bits per heavy atom. The lowest BCUT2D eigenvalue weighted by Gasteiger charge is -2.31. The minimum Gasteiger partial charge on any atom is -0.478 e. The summed E-state index contributed by atoms with van der Waals surface area (Å²) in [4.78, 5) is 16.4. The number of para-hydroxylation sites is 1.